The van der Waals surface area contributed by atoms with Crippen LogP contribution in [-0.4, -0.2) is 0 Å². The molecular weight excluding hydrogens is 230 g/mol. The zero-order chi connectivity index (χ0) is 11.7. The van der Waals surface area contributed by atoms with E-state index in [4.69, 9.17) is 11.0 Å². The lowest BCUT2D eigenvalue weighted by Crippen LogP contribution is -1.91. The number of allylic oxidation sites excluding steroid dienone is 2. The van der Waals surface area contributed by atoms with Crippen LogP contribution in [0, 0.1) is 11.3 Å². The van der Waals surface area contributed by atoms with Crippen LogP contribution in [0.15, 0.2) is 45.6 Å². The summed E-state index contributed by atoms with van der Waals surface area (Å²) >= 11 is 0. The Balaban J connectivity index is 2.50. The fourth-order valence-electron chi connectivity index (χ4n) is 1.41. The third-order valence-electron chi connectivity index (χ3n) is 2.16. The predicted octanol–water partition coefficient (Wildman–Crippen LogP) is 3.14. The van der Waals surface area contributed by atoms with Crippen LogP contribution >= 0.6 is 10.9 Å². The molecule has 0 saturated heterocycles. The molecule has 0 aromatic heterocycles. The highest BCUT2D eigenvalue weighted by Gasteiger charge is 2.20. The second-order valence-corrected chi connectivity index (χ2v) is 5.14. The molecule has 2 N–H and O–H groups in total. The number of benzene rings is 1. The van der Waals surface area contributed by atoms with Gasteiger partial charge in [-0.05, 0) is 23.6 Å². The third-order valence-corrected chi connectivity index (χ3v) is 4.16. The highest BCUT2D eigenvalue weighted by molar-refractivity contribution is 8.23. The van der Waals surface area contributed by atoms with Crippen LogP contribution in [0.4, 0.5) is 14.5 Å². The van der Waals surface area contributed by atoms with Gasteiger partial charge >= 0.3 is 0 Å². The summed E-state index contributed by atoms with van der Waals surface area (Å²) in [5.74, 6) is -0.592. The van der Waals surface area contributed by atoms with Gasteiger partial charge in [0.1, 0.15) is 11.0 Å². The minimum absolute atomic E-state index is 0.375. The van der Waals surface area contributed by atoms with Crippen molar-refractivity contribution in [3.05, 3.63) is 46.2 Å². The lowest BCUT2D eigenvalue weighted by molar-refractivity contribution is 0.653. The molecular formula is C11H8F2N2S. The lowest BCUT2D eigenvalue weighted by Gasteiger charge is -2.14. The topological polar surface area (TPSA) is 49.8 Å². The summed E-state index contributed by atoms with van der Waals surface area (Å²) in [6, 6.07) is 6.53. The highest BCUT2D eigenvalue weighted by atomic mass is 32.2. The Labute approximate surface area is 94.0 Å². The molecule has 0 fully saturated rings. The molecule has 1 atom stereocenters. The number of nitrogens with two attached hydrogens (primary N) is 1. The van der Waals surface area contributed by atoms with Crippen molar-refractivity contribution in [3.8, 4) is 6.07 Å². The zero-order valence-corrected chi connectivity index (χ0v) is 9.01. The van der Waals surface area contributed by atoms with E-state index in [-0.39, 0.29) is 0 Å². The molecule has 2 rings (SSSR count). The van der Waals surface area contributed by atoms with E-state index in [9.17, 15) is 8.78 Å². The first kappa shape index (κ1) is 10.7. The quantitative estimate of drug-likeness (QED) is 0.583. The van der Waals surface area contributed by atoms with Crippen LogP contribution in [-0.2, 0) is 0 Å². The van der Waals surface area contributed by atoms with Gasteiger partial charge in [-0.15, -0.1) is 10.9 Å². The zero-order valence-electron chi connectivity index (χ0n) is 8.11. The van der Waals surface area contributed by atoms with Crippen molar-refractivity contribution >= 4 is 16.6 Å². The van der Waals surface area contributed by atoms with Gasteiger partial charge in [0.25, 0.3) is 0 Å². The van der Waals surface area contributed by atoms with Gasteiger partial charge in [-0.1, -0.05) is 0 Å². The summed E-state index contributed by atoms with van der Waals surface area (Å²) in [4.78, 5) is 0.482. The number of nitrogen functional groups attached to an aromatic ring is 1. The number of hydrogen-bond acceptors (Lipinski definition) is 2. The first-order chi connectivity index (χ1) is 7.61. The second-order valence-electron chi connectivity index (χ2n) is 3.24. The summed E-state index contributed by atoms with van der Waals surface area (Å²) < 4.78 is 26.3. The molecule has 1 aliphatic rings. The normalized spacial score (nSPS) is 21.2. The van der Waals surface area contributed by atoms with Crippen molar-refractivity contribution in [2.45, 2.75) is 4.90 Å². The number of nitrogens with zero attached hydrogens (tertiary/aromatic N) is 1. The van der Waals surface area contributed by atoms with E-state index >= 15 is 0 Å². The number of nitriles is 1. The maximum absolute atomic E-state index is 13.4. The van der Waals surface area contributed by atoms with Gasteiger partial charge in [0.05, 0.1) is 11.6 Å². The Morgan fingerprint density at radius 3 is 2.62 bits per heavy atom. The molecule has 1 unspecified atom stereocenters. The van der Waals surface area contributed by atoms with E-state index in [2.05, 4.69) is 0 Å². The minimum Gasteiger partial charge on any atom is -0.398 e. The molecule has 2 nitrogen and oxygen atoms in total. The first-order valence-electron chi connectivity index (χ1n) is 4.45. The van der Waals surface area contributed by atoms with E-state index in [0.29, 0.717) is 16.1 Å². The molecule has 1 heterocycles. The molecule has 16 heavy (non-hydrogen) atoms. The van der Waals surface area contributed by atoms with Gasteiger partial charge in [-0.25, -0.2) is 8.78 Å². The van der Waals surface area contributed by atoms with E-state index in [1.807, 2.05) is 6.07 Å². The molecule has 0 spiro atoms. The molecule has 1 aromatic rings. The molecule has 0 radical (unpaired) electrons. The molecule has 1 aliphatic heterocycles. The van der Waals surface area contributed by atoms with Crippen molar-refractivity contribution < 1.29 is 8.78 Å². The van der Waals surface area contributed by atoms with E-state index in [1.54, 1.807) is 6.07 Å². The minimum atomic E-state index is -1.50. The molecule has 0 bridgehead atoms. The molecule has 0 aliphatic carbocycles. The number of hydrogen-bond donors (Lipinski definition) is 2. The van der Waals surface area contributed by atoms with Crippen molar-refractivity contribution in [2.24, 2.45) is 0 Å². The second kappa shape index (κ2) is 3.99. The third kappa shape index (κ3) is 1.79. The number of thiol groups is 1. The summed E-state index contributed by atoms with van der Waals surface area (Å²) in [5, 5.41) is 9.40. The Hall–Kier alpha value is -1.80. The Kier molecular flexibility index (Phi) is 2.67. The van der Waals surface area contributed by atoms with Gasteiger partial charge < -0.3 is 5.73 Å². The smallest absolute Gasteiger partial charge is 0.147 e. The molecule has 1 aromatic carbocycles. The average molecular weight is 238 g/mol. The van der Waals surface area contributed by atoms with Crippen molar-refractivity contribution in [2.75, 3.05) is 5.73 Å². The van der Waals surface area contributed by atoms with Crippen LogP contribution in [0.1, 0.15) is 5.56 Å². The molecule has 82 valence electrons. The van der Waals surface area contributed by atoms with E-state index in [1.165, 1.54) is 17.5 Å². The Bertz CT molecular complexity index is 543. The molecule has 0 saturated carbocycles. The first-order valence-corrected chi connectivity index (χ1v) is 5.86. The van der Waals surface area contributed by atoms with Gasteiger partial charge in [0, 0.05) is 16.7 Å². The van der Waals surface area contributed by atoms with Crippen molar-refractivity contribution in [3.63, 3.8) is 0 Å². The van der Waals surface area contributed by atoms with Gasteiger partial charge in [0.2, 0.25) is 0 Å². The lowest BCUT2D eigenvalue weighted by atomic mass is 10.2. The van der Waals surface area contributed by atoms with E-state index in [0.717, 1.165) is 6.08 Å². The summed E-state index contributed by atoms with van der Waals surface area (Å²) in [6.07, 6.45) is 0.851. The van der Waals surface area contributed by atoms with Crippen LogP contribution < -0.4 is 5.73 Å². The van der Waals surface area contributed by atoms with Crippen molar-refractivity contribution in [1.29, 1.82) is 5.26 Å². The summed E-state index contributed by atoms with van der Waals surface area (Å²) in [7, 11) is -1.50. The maximum atomic E-state index is 13.4. The standard InChI is InChI=1S/C11H8F2N2S/c12-8-4-11(13)16(6-8)10-3-7(5-14)1-2-9(10)15/h1-4,6,16H,15H2. The van der Waals surface area contributed by atoms with E-state index < -0.39 is 21.9 Å². The predicted molar refractivity (Wildman–Crippen MR) is 61.2 cm³/mol. The Morgan fingerprint density at radius 2 is 2.06 bits per heavy atom. The fraction of sp³-hybridized carbons (Fsp3) is 0. The van der Waals surface area contributed by atoms with Gasteiger partial charge in [-0.2, -0.15) is 5.26 Å². The number of rotatable bonds is 1. The monoisotopic (exact) mass is 238 g/mol. The number of halogens is 2. The summed E-state index contributed by atoms with van der Waals surface area (Å²) in [6.45, 7) is 0. The van der Waals surface area contributed by atoms with Gasteiger partial charge in [-0.3, -0.25) is 0 Å². The van der Waals surface area contributed by atoms with Gasteiger partial charge in [0.15, 0.2) is 0 Å². The number of anilines is 1. The fourth-order valence-corrected chi connectivity index (χ4v) is 3.12. The van der Waals surface area contributed by atoms with Crippen LogP contribution in [0.2, 0.25) is 0 Å². The molecule has 5 heteroatoms. The highest BCUT2D eigenvalue weighted by Crippen LogP contribution is 2.53. The van der Waals surface area contributed by atoms with Crippen LogP contribution in [0.5, 0.6) is 0 Å². The van der Waals surface area contributed by atoms with Crippen LogP contribution in [0.3, 0.4) is 0 Å². The van der Waals surface area contributed by atoms with Crippen LogP contribution in [0.25, 0.3) is 0 Å². The molecule has 0 amide bonds. The summed E-state index contributed by atoms with van der Waals surface area (Å²) in [5.41, 5.74) is 6.46. The Morgan fingerprint density at radius 1 is 1.31 bits per heavy atom. The maximum Gasteiger partial charge on any atom is 0.147 e. The van der Waals surface area contributed by atoms with Crippen molar-refractivity contribution in [1.82, 2.24) is 0 Å². The SMILES string of the molecule is N#Cc1ccc(N)c([SH]2C=C(F)C=C2F)c1. The average Bonchev–Trinajstić information content (AvgIpc) is 2.58. The largest absolute Gasteiger partial charge is 0.398 e.